The van der Waals surface area contributed by atoms with Gasteiger partial charge in [0.2, 0.25) is 5.01 Å². The number of nitrogens with zero attached hydrogens (tertiary/aromatic N) is 1. The predicted molar refractivity (Wildman–Crippen MR) is 82.9 cm³/mol. The zero-order valence-electron chi connectivity index (χ0n) is 11.6. The standard InChI is InChI=1S/C16H13NO3S/c1-19-12-6-3-10(4-7-12)11-5-8-13-14(9-11)21-15(17-13)16(18)20-2/h3-9H,1-2H3. The maximum absolute atomic E-state index is 11.5. The molecule has 2 aromatic carbocycles. The number of thiazole rings is 1. The van der Waals surface area contributed by atoms with Gasteiger partial charge in [0.15, 0.2) is 0 Å². The Morgan fingerprint density at radius 3 is 2.43 bits per heavy atom. The van der Waals surface area contributed by atoms with Gasteiger partial charge < -0.3 is 9.47 Å². The van der Waals surface area contributed by atoms with Crippen molar-refractivity contribution in [3.8, 4) is 16.9 Å². The van der Waals surface area contributed by atoms with Gasteiger partial charge in [0, 0.05) is 0 Å². The zero-order chi connectivity index (χ0) is 14.8. The van der Waals surface area contributed by atoms with Crippen molar-refractivity contribution < 1.29 is 14.3 Å². The second kappa shape index (κ2) is 5.54. The van der Waals surface area contributed by atoms with Crippen LogP contribution in [0.3, 0.4) is 0 Å². The Balaban J connectivity index is 2.01. The summed E-state index contributed by atoms with van der Waals surface area (Å²) in [6, 6.07) is 13.8. The fourth-order valence-corrected chi connectivity index (χ4v) is 2.99. The monoisotopic (exact) mass is 299 g/mol. The average Bonchev–Trinajstić information content (AvgIpc) is 2.97. The van der Waals surface area contributed by atoms with Gasteiger partial charge in [-0.25, -0.2) is 9.78 Å². The molecule has 1 heterocycles. The number of benzene rings is 2. The number of hydrogen-bond acceptors (Lipinski definition) is 5. The number of carbonyl (C=O) groups excluding carboxylic acids is 1. The first-order valence-electron chi connectivity index (χ1n) is 6.34. The fourth-order valence-electron chi connectivity index (χ4n) is 2.06. The van der Waals surface area contributed by atoms with E-state index in [-0.39, 0.29) is 0 Å². The summed E-state index contributed by atoms with van der Waals surface area (Å²) < 4.78 is 10.8. The van der Waals surface area contributed by atoms with E-state index in [2.05, 4.69) is 4.98 Å². The van der Waals surface area contributed by atoms with Gasteiger partial charge in [0.25, 0.3) is 0 Å². The van der Waals surface area contributed by atoms with Gasteiger partial charge in [-0.15, -0.1) is 11.3 Å². The lowest BCUT2D eigenvalue weighted by molar-refractivity contribution is 0.0600. The highest BCUT2D eigenvalue weighted by Gasteiger charge is 2.12. The molecule has 0 saturated carbocycles. The fraction of sp³-hybridized carbons (Fsp3) is 0.125. The summed E-state index contributed by atoms with van der Waals surface area (Å²) in [5.41, 5.74) is 2.97. The second-order valence-corrected chi connectivity index (χ2v) is 5.45. The minimum atomic E-state index is -0.401. The first-order chi connectivity index (χ1) is 10.2. The van der Waals surface area contributed by atoms with Crippen LogP contribution in [0.2, 0.25) is 0 Å². The molecule has 4 nitrogen and oxygen atoms in total. The van der Waals surface area contributed by atoms with Crippen LogP contribution in [0.25, 0.3) is 21.3 Å². The topological polar surface area (TPSA) is 48.4 Å². The SMILES string of the molecule is COC(=O)c1nc2ccc(-c3ccc(OC)cc3)cc2s1. The minimum absolute atomic E-state index is 0.374. The zero-order valence-corrected chi connectivity index (χ0v) is 12.4. The van der Waals surface area contributed by atoms with E-state index in [9.17, 15) is 4.79 Å². The van der Waals surface area contributed by atoms with E-state index in [1.54, 1.807) is 7.11 Å². The Labute approximate surface area is 126 Å². The third-order valence-electron chi connectivity index (χ3n) is 3.17. The van der Waals surface area contributed by atoms with Gasteiger partial charge >= 0.3 is 5.97 Å². The van der Waals surface area contributed by atoms with Gasteiger partial charge in [0.1, 0.15) is 5.75 Å². The third kappa shape index (κ3) is 2.60. The van der Waals surface area contributed by atoms with E-state index in [0.29, 0.717) is 5.01 Å². The van der Waals surface area contributed by atoms with Crippen LogP contribution < -0.4 is 4.74 Å². The summed E-state index contributed by atoms with van der Waals surface area (Å²) in [5, 5.41) is 0.374. The summed E-state index contributed by atoms with van der Waals surface area (Å²) in [6.45, 7) is 0. The molecule has 0 aliphatic heterocycles. The molecule has 21 heavy (non-hydrogen) atoms. The first-order valence-corrected chi connectivity index (χ1v) is 7.16. The van der Waals surface area contributed by atoms with Crippen molar-refractivity contribution in [3.05, 3.63) is 47.5 Å². The van der Waals surface area contributed by atoms with E-state index < -0.39 is 5.97 Å². The van der Waals surface area contributed by atoms with Crippen LogP contribution in [0.4, 0.5) is 0 Å². The maximum Gasteiger partial charge on any atom is 0.367 e. The minimum Gasteiger partial charge on any atom is -0.497 e. The highest BCUT2D eigenvalue weighted by Crippen LogP contribution is 2.29. The molecule has 0 aliphatic rings. The lowest BCUT2D eigenvalue weighted by Gasteiger charge is -2.03. The van der Waals surface area contributed by atoms with Gasteiger partial charge in [-0.3, -0.25) is 0 Å². The summed E-state index contributed by atoms with van der Waals surface area (Å²) in [7, 11) is 3.00. The number of carbonyl (C=O) groups is 1. The van der Waals surface area contributed by atoms with E-state index in [4.69, 9.17) is 9.47 Å². The third-order valence-corrected chi connectivity index (χ3v) is 4.17. The molecule has 1 aromatic heterocycles. The van der Waals surface area contributed by atoms with E-state index >= 15 is 0 Å². The highest BCUT2D eigenvalue weighted by molar-refractivity contribution is 7.20. The normalized spacial score (nSPS) is 10.6. The van der Waals surface area contributed by atoms with Crippen molar-refractivity contribution in [2.75, 3.05) is 14.2 Å². The van der Waals surface area contributed by atoms with Gasteiger partial charge in [-0.1, -0.05) is 18.2 Å². The Morgan fingerprint density at radius 2 is 1.76 bits per heavy atom. The van der Waals surface area contributed by atoms with Crippen LogP contribution >= 0.6 is 11.3 Å². The van der Waals surface area contributed by atoms with Crippen LogP contribution in [-0.4, -0.2) is 25.2 Å². The lowest BCUT2D eigenvalue weighted by atomic mass is 10.1. The number of rotatable bonds is 3. The van der Waals surface area contributed by atoms with Crippen molar-refractivity contribution >= 4 is 27.5 Å². The van der Waals surface area contributed by atoms with Crippen LogP contribution in [0.15, 0.2) is 42.5 Å². The van der Waals surface area contributed by atoms with Crippen molar-refractivity contribution in [1.29, 1.82) is 0 Å². The van der Waals surface area contributed by atoms with E-state index in [0.717, 1.165) is 27.1 Å². The molecule has 0 spiro atoms. The summed E-state index contributed by atoms with van der Waals surface area (Å²) in [6.07, 6.45) is 0. The smallest absolute Gasteiger partial charge is 0.367 e. The van der Waals surface area contributed by atoms with Gasteiger partial charge in [-0.05, 0) is 35.4 Å². The molecule has 3 aromatic rings. The molecular formula is C16H13NO3S. The largest absolute Gasteiger partial charge is 0.497 e. The number of methoxy groups -OCH3 is 2. The van der Waals surface area contributed by atoms with Crippen molar-refractivity contribution in [3.63, 3.8) is 0 Å². The van der Waals surface area contributed by atoms with Crippen molar-refractivity contribution in [2.24, 2.45) is 0 Å². The van der Waals surface area contributed by atoms with Crippen molar-refractivity contribution in [1.82, 2.24) is 4.98 Å². The van der Waals surface area contributed by atoms with Crippen molar-refractivity contribution in [2.45, 2.75) is 0 Å². The Morgan fingerprint density at radius 1 is 1.05 bits per heavy atom. The van der Waals surface area contributed by atoms with E-state index in [1.165, 1.54) is 18.4 Å². The molecule has 0 saturated heterocycles. The number of hydrogen-bond donors (Lipinski definition) is 0. The quantitative estimate of drug-likeness (QED) is 0.691. The molecule has 0 aliphatic carbocycles. The molecule has 3 rings (SSSR count). The average molecular weight is 299 g/mol. The number of aromatic nitrogens is 1. The molecule has 0 amide bonds. The maximum atomic E-state index is 11.5. The number of fused-ring (bicyclic) bond motifs is 1. The Hall–Kier alpha value is -2.40. The first kappa shape index (κ1) is 13.6. The lowest BCUT2D eigenvalue weighted by Crippen LogP contribution is -1.99. The highest BCUT2D eigenvalue weighted by atomic mass is 32.1. The number of esters is 1. The second-order valence-electron chi connectivity index (χ2n) is 4.42. The molecule has 0 fully saturated rings. The molecule has 0 unspecified atom stereocenters. The summed E-state index contributed by atoms with van der Waals surface area (Å²) in [4.78, 5) is 15.8. The van der Waals surface area contributed by atoms with Crippen LogP contribution in [0.5, 0.6) is 5.75 Å². The molecular weight excluding hydrogens is 286 g/mol. The Kier molecular flexibility index (Phi) is 3.58. The predicted octanol–water partition coefficient (Wildman–Crippen LogP) is 3.76. The number of ether oxygens (including phenoxy) is 2. The molecule has 5 heteroatoms. The molecule has 106 valence electrons. The summed E-state index contributed by atoms with van der Waals surface area (Å²) in [5.74, 6) is 0.424. The molecule has 0 atom stereocenters. The van der Waals surface area contributed by atoms with Gasteiger partial charge in [0.05, 0.1) is 24.4 Å². The van der Waals surface area contributed by atoms with Crippen LogP contribution in [0, 0.1) is 0 Å². The molecule has 0 N–H and O–H groups in total. The van der Waals surface area contributed by atoms with Crippen LogP contribution in [-0.2, 0) is 4.74 Å². The van der Waals surface area contributed by atoms with E-state index in [1.807, 2.05) is 42.5 Å². The van der Waals surface area contributed by atoms with Gasteiger partial charge in [-0.2, -0.15) is 0 Å². The summed E-state index contributed by atoms with van der Waals surface area (Å²) >= 11 is 1.34. The molecule has 0 bridgehead atoms. The van der Waals surface area contributed by atoms with Crippen LogP contribution in [0.1, 0.15) is 9.80 Å². The molecule has 0 radical (unpaired) electrons. The Bertz CT molecular complexity index is 793.